The lowest BCUT2D eigenvalue weighted by Gasteiger charge is -2.46. The first kappa shape index (κ1) is 30.5. The molecule has 0 aromatic heterocycles. The number of hydrogen-bond donors (Lipinski definition) is 1. The number of nitrogens with zero attached hydrogens (tertiary/aromatic N) is 1. The number of carbonyl (C=O) groups excluding carboxylic acids is 1. The van der Waals surface area contributed by atoms with Crippen LogP contribution in [0.4, 0.5) is 5.69 Å². The molecule has 0 unspecified atom stereocenters. The SMILES string of the molecule is CO[C@H]1/C=C/[C@H](C)[C@H](C)[C@@H](C)S(=O)(=O)NC(=O)c2ccc3c(c2)N(C[C@@H]2CC[C@H]21)C[C@@]1(CCCc2cc(Cl)ccc21)CO3. The fourth-order valence-corrected chi connectivity index (χ4v) is 9.21. The number of allylic oxidation sites excluding steroid dienone is 1. The molecule has 232 valence electrons. The highest BCUT2D eigenvalue weighted by Gasteiger charge is 2.44. The minimum Gasteiger partial charge on any atom is -0.490 e. The van der Waals surface area contributed by atoms with Crippen molar-refractivity contribution >= 4 is 33.2 Å². The molecule has 9 heteroatoms. The van der Waals surface area contributed by atoms with Crippen molar-refractivity contribution in [3.63, 3.8) is 0 Å². The van der Waals surface area contributed by atoms with Gasteiger partial charge in [0.2, 0.25) is 10.0 Å². The van der Waals surface area contributed by atoms with Gasteiger partial charge < -0.3 is 14.4 Å². The van der Waals surface area contributed by atoms with Crippen LogP contribution in [0.3, 0.4) is 0 Å². The van der Waals surface area contributed by atoms with Gasteiger partial charge in [0.15, 0.2) is 0 Å². The van der Waals surface area contributed by atoms with Gasteiger partial charge in [-0.2, -0.15) is 0 Å². The second kappa shape index (κ2) is 11.8. The summed E-state index contributed by atoms with van der Waals surface area (Å²) in [6.45, 7) is 7.68. The Morgan fingerprint density at radius 1 is 1.09 bits per heavy atom. The Morgan fingerprint density at radius 3 is 2.65 bits per heavy atom. The van der Waals surface area contributed by atoms with E-state index in [1.54, 1.807) is 20.1 Å². The number of aryl methyl sites for hydroxylation is 1. The van der Waals surface area contributed by atoms with Crippen molar-refractivity contribution in [1.82, 2.24) is 4.72 Å². The maximum Gasteiger partial charge on any atom is 0.264 e. The summed E-state index contributed by atoms with van der Waals surface area (Å²) in [5, 5.41) is -0.0138. The summed E-state index contributed by atoms with van der Waals surface area (Å²) in [4.78, 5) is 15.8. The van der Waals surface area contributed by atoms with E-state index in [2.05, 4.69) is 33.9 Å². The highest BCUT2D eigenvalue weighted by molar-refractivity contribution is 7.90. The normalized spacial score (nSPS) is 34.5. The molecule has 1 amide bonds. The number of carbonyl (C=O) groups is 1. The molecule has 2 bridgehead atoms. The van der Waals surface area contributed by atoms with Gasteiger partial charge in [-0.15, -0.1) is 0 Å². The fraction of sp³-hybridized carbons (Fsp3) is 0.559. The van der Waals surface area contributed by atoms with Crippen LogP contribution in [0.15, 0.2) is 48.6 Å². The summed E-state index contributed by atoms with van der Waals surface area (Å²) in [7, 11) is -2.15. The first-order valence-corrected chi connectivity index (χ1v) is 17.5. The van der Waals surface area contributed by atoms with Gasteiger partial charge in [-0.25, -0.2) is 13.1 Å². The van der Waals surface area contributed by atoms with Crippen LogP contribution in [0, 0.1) is 23.7 Å². The van der Waals surface area contributed by atoms with Gasteiger partial charge in [-0.05, 0) is 104 Å². The van der Waals surface area contributed by atoms with Gasteiger partial charge in [0.05, 0.1) is 23.6 Å². The molecule has 1 spiro atoms. The Hall–Kier alpha value is -2.55. The Bertz CT molecular complexity index is 1530. The zero-order chi connectivity index (χ0) is 30.5. The number of nitrogens with one attached hydrogen (secondary N) is 1. The van der Waals surface area contributed by atoms with E-state index in [9.17, 15) is 13.2 Å². The quantitative estimate of drug-likeness (QED) is 0.383. The van der Waals surface area contributed by atoms with Crippen LogP contribution >= 0.6 is 11.6 Å². The molecule has 2 aliphatic carbocycles. The number of anilines is 1. The maximum atomic E-state index is 13.4. The molecule has 2 heterocycles. The first-order chi connectivity index (χ1) is 20.5. The van der Waals surface area contributed by atoms with Gasteiger partial charge in [-0.3, -0.25) is 4.79 Å². The first-order valence-electron chi connectivity index (χ1n) is 15.6. The Labute approximate surface area is 261 Å². The van der Waals surface area contributed by atoms with Crippen LogP contribution in [-0.4, -0.2) is 52.5 Å². The van der Waals surface area contributed by atoms with Crippen molar-refractivity contribution in [3.05, 3.63) is 70.3 Å². The summed E-state index contributed by atoms with van der Waals surface area (Å²) < 4.78 is 41.7. The lowest BCUT2D eigenvalue weighted by molar-refractivity contribution is 0.0129. The second-order valence-corrected chi connectivity index (χ2v) is 15.7. The number of hydrogen-bond acceptors (Lipinski definition) is 6. The molecule has 1 saturated carbocycles. The van der Waals surface area contributed by atoms with Gasteiger partial charge >= 0.3 is 0 Å². The molecule has 6 rings (SSSR count). The maximum absolute atomic E-state index is 13.4. The number of benzene rings is 2. The molecule has 43 heavy (non-hydrogen) atoms. The second-order valence-electron chi connectivity index (χ2n) is 13.3. The molecule has 4 aliphatic rings. The number of halogens is 1. The summed E-state index contributed by atoms with van der Waals surface area (Å²) >= 11 is 6.41. The molecule has 1 fully saturated rings. The van der Waals surface area contributed by atoms with E-state index in [1.807, 2.05) is 32.0 Å². The highest BCUT2D eigenvalue weighted by atomic mass is 35.5. The monoisotopic (exact) mass is 626 g/mol. The molecule has 0 radical (unpaired) electrons. The van der Waals surface area contributed by atoms with Crippen molar-refractivity contribution < 1.29 is 22.7 Å². The standard InChI is InChI=1S/C34H43ClN2O5S/c1-21-7-13-31(41-4)28-11-8-26(28)18-37-19-34(15-5-6-24-16-27(35)10-12-29(24)34)20-42-32-14-9-25(17-30(32)37)33(38)36-43(39,40)23(3)22(21)2/h7,9-10,12-14,16-17,21-23,26,28,31H,5-6,8,11,15,18-20H2,1-4H3,(H,36,38)/b13-7+/t21-,22-,23+,26-,28+,31-,34-/m0/s1. The average Bonchev–Trinajstić information content (AvgIpc) is 3.12. The molecule has 1 N–H and O–H groups in total. The molecule has 0 saturated heterocycles. The molecular weight excluding hydrogens is 584 g/mol. The summed E-state index contributed by atoms with van der Waals surface area (Å²) in [6.07, 6.45) is 9.38. The van der Waals surface area contributed by atoms with E-state index in [-0.39, 0.29) is 23.4 Å². The minimum atomic E-state index is -3.92. The van der Waals surface area contributed by atoms with E-state index >= 15 is 0 Å². The van der Waals surface area contributed by atoms with E-state index in [0.29, 0.717) is 29.8 Å². The molecule has 7 nitrogen and oxygen atoms in total. The summed E-state index contributed by atoms with van der Waals surface area (Å²) in [5.41, 5.74) is 3.47. The van der Waals surface area contributed by atoms with Crippen LogP contribution in [0.5, 0.6) is 5.75 Å². The topological polar surface area (TPSA) is 84.9 Å². The molecule has 2 aromatic carbocycles. The van der Waals surface area contributed by atoms with Crippen LogP contribution in [-0.2, 0) is 26.6 Å². The summed E-state index contributed by atoms with van der Waals surface area (Å²) in [5.74, 6) is 0.639. The number of fused-ring (bicyclic) bond motifs is 4. The number of amides is 1. The lowest BCUT2D eigenvalue weighted by atomic mass is 9.68. The zero-order valence-electron chi connectivity index (χ0n) is 25.5. The third-order valence-corrected chi connectivity index (χ3v) is 12.9. The predicted molar refractivity (Wildman–Crippen MR) is 171 cm³/mol. The average molecular weight is 627 g/mol. The Morgan fingerprint density at radius 2 is 1.91 bits per heavy atom. The smallest absolute Gasteiger partial charge is 0.264 e. The van der Waals surface area contributed by atoms with E-state index in [1.165, 1.54) is 11.1 Å². The molecule has 7 atom stereocenters. The third-order valence-electron chi connectivity index (χ3n) is 10.8. The largest absolute Gasteiger partial charge is 0.490 e. The Kier molecular flexibility index (Phi) is 8.33. The third kappa shape index (κ3) is 5.71. The molecular formula is C34H43ClN2O5S. The van der Waals surface area contributed by atoms with E-state index < -0.39 is 21.2 Å². The van der Waals surface area contributed by atoms with E-state index in [0.717, 1.165) is 55.9 Å². The Balaban J connectivity index is 1.44. The fourth-order valence-electron chi connectivity index (χ4n) is 7.64. The number of methoxy groups -OCH3 is 1. The van der Waals surface area contributed by atoms with Gasteiger partial charge in [-0.1, -0.05) is 43.7 Å². The minimum absolute atomic E-state index is 0.0147. The summed E-state index contributed by atoms with van der Waals surface area (Å²) in [6, 6.07) is 11.5. The van der Waals surface area contributed by atoms with Crippen molar-refractivity contribution in [2.45, 2.75) is 69.6 Å². The van der Waals surface area contributed by atoms with Crippen molar-refractivity contribution in [2.24, 2.45) is 23.7 Å². The van der Waals surface area contributed by atoms with Gasteiger partial charge in [0.25, 0.3) is 5.91 Å². The van der Waals surface area contributed by atoms with E-state index in [4.69, 9.17) is 21.1 Å². The van der Waals surface area contributed by atoms with Crippen LogP contribution in [0.25, 0.3) is 0 Å². The van der Waals surface area contributed by atoms with Crippen LogP contribution < -0.4 is 14.4 Å². The number of sulfonamides is 1. The number of rotatable bonds is 1. The predicted octanol–water partition coefficient (Wildman–Crippen LogP) is 6.14. The van der Waals surface area contributed by atoms with Gasteiger partial charge in [0, 0.05) is 36.2 Å². The van der Waals surface area contributed by atoms with Crippen molar-refractivity contribution in [2.75, 3.05) is 31.7 Å². The van der Waals surface area contributed by atoms with Crippen LogP contribution in [0.1, 0.15) is 67.9 Å². The number of ether oxygens (including phenoxy) is 2. The molecule has 2 aliphatic heterocycles. The lowest BCUT2D eigenvalue weighted by Crippen LogP contribution is -2.49. The van der Waals surface area contributed by atoms with Gasteiger partial charge in [0.1, 0.15) is 5.75 Å². The van der Waals surface area contributed by atoms with Crippen molar-refractivity contribution in [3.8, 4) is 5.75 Å². The zero-order valence-corrected chi connectivity index (χ0v) is 27.1. The van der Waals surface area contributed by atoms with Crippen LogP contribution in [0.2, 0.25) is 5.02 Å². The highest BCUT2D eigenvalue weighted by Crippen LogP contribution is 2.47. The molecule has 2 aromatic rings. The van der Waals surface area contributed by atoms with Crippen molar-refractivity contribution in [1.29, 1.82) is 0 Å².